The molecule has 0 radical (unpaired) electrons. The third kappa shape index (κ3) is 5.76. The van der Waals surface area contributed by atoms with E-state index in [0.717, 1.165) is 19.6 Å². The van der Waals surface area contributed by atoms with Crippen LogP contribution in [0, 0.1) is 25.5 Å². The Morgan fingerprint density at radius 3 is 2.11 bits per heavy atom. The third-order valence-electron chi connectivity index (χ3n) is 5.50. The lowest BCUT2D eigenvalue weighted by Crippen LogP contribution is -2.35. The molecule has 3 rings (SSSR count). The van der Waals surface area contributed by atoms with Gasteiger partial charge in [-0.3, -0.25) is 0 Å². The van der Waals surface area contributed by atoms with Crippen LogP contribution in [0.25, 0.3) is 0 Å². The fourth-order valence-electron chi connectivity index (χ4n) is 4.13. The zero-order valence-corrected chi connectivity index (χ0v) is 17.5. The van der Waals surface area contributed by atoms with Gasteiger partial charge >= 0.3 is 0 Å². The summed E-state index contributed by atoms with van der Waals surface area (Å²) >= 11 is 0. The highest BCUT2D eigenvalue weighted by atomic mass is 35.5. The number of nitrogens with zero attached hydrogens (tertiary/aromatic N) is 1. The molecule has 1 fully saturated rings. The Balaban J connectivity index is 0.00000280. The molecular weight excluding hydrogens is 380 g/mol. The summed E-state index contributed by atoms with van der Waals surface area (Å²) in [5, 5.41) is 0. The average Bonchev–Trinajstić information content (AvgIpc) is 2.64. The van der Waals surface area contributed by atoms with Gasteiger partial charge in [0.2, 0.25) is 0 Å². The van der Waals surface area contributed by atoms with Crippen molar-refractivity contribution in [3.8, 4) is 0 Å². The number of rotatable bonds is 7. The van der Waals surface area contributed by atoms with Crippen LogP contribution in [0.2, 0.25) is 0 Å². The minimum absolute atomic E-state index is 0. The second-order valence-electron chi connectivity index (χ2n) is 7.58. The summed E-state index contributed by atoms with van der Waals surface area (Å²) in [6.45, 7) is 7.82. The van der Waals surface area contributed by atoms with Crippen molar-refractivity contribution < 1.29 is 13.5 Å². The molecule has 28 heavy (non-hydrogen) atoms. The number of hydrogen-bond donors (Lipinski definition) is 0. The van der Waals surface area contributed by atoms with Gasteiger partial charge in [-0.05, 0) is 68.6 Å². The van der Waals surface area contributed by atoms with E-state index in [1.165, 1.54) is 54.2 Å². The Labute approximate surface area is 173 Å². The summed E-state index contributed by atoms with van der Waals surface area (Å²) in [4.78, 5) is 2.49. The van der Waals surface area contributed by atoms with Crippen LogP contribution in [-0.4, -0.2) is 31.1 Å². The van der Waals surface area contributed by atoms with Gasteiger partial charge in [-0.25, -0.2) is 8.78 Å². The molecule has 154 valence electrons. The van der Waals surface area contributed by atoms with Crippen LogP contribution >= 0.6 is 12.4 Å². The molecule has 1 unspecified atom stereocenters. The summed E-state index contributed by atoms with van der Waals surface area (Å²) in [6.07, 6.45) is 3.77. The Hall–Kier alpha value is -1.49. The molecular formula is C23H30ClF2NO. The van der Waals surface area contributed by atoms with Crippen molar-refractivity contribution in [2.24, 2.45) is 0 Å². The molecule has 0 aromatic heterocycles. The van der Waals surface area contributed by atoms with E-state index >= 15 is 0 Å². The molecule has 0 amide bonds. The van der Waals surface area contributed by atoms with Crippen molar-refractivity contribution in [2.45, 2.75) is 45.6 Å². The van der Waals surface area contributed by atoms with E-state index in [-0.39, 0.29) is 30.5 Å². The lowest BCUT2D eigenvalue weighted by Gasteiger charge is -2.32. The molecule has 0 N–H and O–H groups in total. The van der Waals surface area contributed by atoms with Gasteiger partial charge in [0.1, 0.15) is 11.6 Å². The number of piperidine rings is 1. The zero-order valence-electron chi connectivity index (χ0n) is 16.7. The molecule has 0 aliphatic carbocycles. The van der Waals surface area contributed by atoms with Gasteiger partial charge in [0.05, 0.1) is 13.2 Å². The molecule has 0 spiro atoms. The van der Waals surface area contributed by atoms with Crippen LogP contribution < -0.4 is 0 Å². The first-order valence-corrected chi connectivity index (χ1v) is 9.85. The van der Waals surface area contributed by atoms with E-state index in [9.17, 15) is 8.78 Å². The Morgan fingerprint density at radius 1 is 0.929 bits per heavy atom. The number of hydrogen-bond acceptors (Lipinski definition) is 2. The first kappa shape index (κ1) is 22.8. The lowest BCUT2D eigenvalue weighted by molar-refractivity contribution is 0.0866. The normalized spacial score (nSPS) is 15.9. The second-order valence-corrected chi connectivity index (χ2v) is 7.58. The largest absolute Gasteiger partial charge is 0.376 e. The molecule has 1 saturated heterocycles. The van der Waals surface area contributed by atoms with Crippen molar-refractivity contribution in [3.05, 3.63) is 70.3 Å². The molecule has 2 aromatic carbocycles. The fraction of sp³-hybridized carbons (Fsp3) is 0.478. The summed E-state index contributed by atoms with van der Waals surface area (Å²) in [5.41, 5.74) is 3.81. The predicted octanol–water partition coefficient (Wildman–Crippen LogP) is 5.79. The molecule has 1 atom stereocenters. The van der Waals surface area contributed by atoms with Crippen LogP contribution in [0.3, 0.4) is 0 Å². The molecule has 0 saturated carbocycles. The number of benzene rings is 2. The highest BCUT2D eigenvalue weighted by Gasteiger charge is 2.22. The molecule has 0 bridgehead atoms. The van der Waals surface area contributed by atoms with Gasteiger partial charge < -0.3 is 9.64 Å². The standard InChI is InChI=1S/C23H29F2NO.ClH/c1-17-8-6-9-18(2)23(17)19(14-26-12-4-3-5-13-26)15-27-16-20-21(24)10-7-11-22(20)25;/h6-11,19H,3-5,12-16H2,1-2H3;1H. The van der Waals surface area contributed by atoms with Gasteiger partial charge in [0.15, 0.2) is 0 Å². The molecule has 1 aliphatic heterocycles. The highest BCUT2D eigenvalue weighted by molar-refractivity contribution is 5.85. The number of likely N-dealkylation sites (tertiary alicyclic amines) is 1. The third-order valence-corrected chi connectivity index (χ3v) is 5.50. The fourth-order valence-corrected chi connectivity index (χ4v) is 4.13. The second kappa shape index (κ2) is 10.9. The first-order chi connectivity index (χ1) is 13.1. The van der Waals surface area contributed by atoms with Crippen molar-refractivity contribution in [1.29, 1.82) is 0 Å². The predicted molar refractivity (Wildman–Crippen MR) is 112 cm³/mol. The Bertz CT molecular complexity index is 722. The van der Waals surface area contributed by atoms with Gasteiger partial charge in [0.25, 0.3) is 0 Å². The van der Waals surface area contributed by atoms with Crippen LogP contribution in [0.15, 0.2) is 36.4 Å². The summed E-state index contributed by atoms with van der Waals surface area (Å²) in [5.74, 6) is -0.900. The smallest absolute Gasteiger partial charge is 0.131 e. The maximum Gasteiger partial charge on any atom is 0.131 e. The van der Waals surface area contributed by atoms with E-state index in [1.807, 2.05) is 0 Å². The van der Waals surface area contributed by atoms with Crippen LogP contribution in [0.1, 0.15) is 47.4 Å². The van der Waals surface area contributed by atoms with E-state index in [2.05, 4.69) is 36.9 Å². The minimum Gasteiger partial charge on any atom is -0.376 e. The SMILES string of the molecule is Cc1cccc(C)c1C(COCc1c(F)cccc1F)CN1CCCCC1.Cl. The topological polar surface area (TPSA) is 12.5 Å². The quantitative estimate of drug-likeness (QED) is 0.573. The summed E-state index contributed by atoms with van der Waals surface area (Å²) < 4.78 is 33.6. The number of ether oxygens (including phenoxy) is 1. The molecule has 2 nitrogen and oxygen atoms in total. The number of halogens is 3. The first-order valence-electron chi connectivity index (χ1n) is 9.85. The van der Waals surface area contributed by atoms with Crippen LogP contribution in [0.4, 0.5) is 8.78 Å². The van der Waals surface area contributed by atoms with Gasteiger partial charge in [-0.15, -0.1) is 12.4 Å². The molecule has 5 heteroatoms. The van der Waals surface area contributed by atoms with Crippen LogP contribution in [0.5, 0.6) is 0 Å². The van der Waals surface area contributed by atoms with Crippen molar-refractivity contribution in [1.82, 2.24) is 4.90 Å². The van der Waals surface area contributed by atoms with Crippen LogP contribution in [-0.2, 0) is 11.3 Å². The monoisotopic (exact) mass is 409 g/mol. The maximum absolute atomic E-state index is 13.9. The highest BCUT2D eigenvalue weighted by Crippen LogP contribution is 2.27. The molecule has 1 heterocycles. The van der Waals surface area contributed by atoms with Gasteiger partial charge in [0, 0.05) is 18.0 Å². The van der Waals surface area contributed by atoms with Gasteiger partial charge in [-0.1, -0.05) is 30.7 Å². The van der Waals surface area contributed by atoms with E-state index in [4.69, 9.17) is 4.74 Å². The Morgan fingerprint density at radius 2 is 1.50 bits per heavy atom. The Kier molecular flexibility index (Phi) is 8.87. The number of aryl methyl sites for hydroxylation is 2. The van der Waals surface area contributed by atoms with Crippen molar-refractivity contribution in [3.63, 3.8) is 0 Å². The summed E-state index contributed by atoms with van der Waals surface area (Å²) in [7, 11) is 0. The molecule has 2 aromatic rings. The van der Waals surface area contributed by atoms with Gasteiger partial charge in [-0.2, -0.15) is 0 Å². The maximum atomic E-state index is 13.9. The summed E-state index contributed by atoms with van der Waals surface area (Å²) in [6, 6.07) is 10.3. The minimum atomic E-state index is -0.547. The van der Waals surface area contributed by atoms with E-state index in [0.29, 0.717) is 6.61 Å². The average molecular weight is 410 g/mol. The van der Waals surface area contributed by atoms with Crippen molar-refractivity contribution >= 4 is 12.4 Å². The van der Waals surface area contributed by atoms with E-state index in [1.54, 1.807) is 0 Å². The zero-order chi connectivity index (χ0) is 19.2. The van der Waals surface area contributed by atoms with Crippen molar-refractivity contribution in [2.75, 3.05) is 26.2 Å². The molecule has 1 aliphatic rings. The van der Waals surface area contributed by atoms with E-state index < -0.39 is 11.6 Å². The lowest BCUT2D eigenvalue weighted by atomic mass is 9.90.